The number of anilines is 1. The van der Waals surface area contributed by atoms with Crippen LogP contribution in [0.3, 0.4) is 0 Å². The van der Waals surface area contributed by atoms with E-state index in [1.807, 2.05) is 0 Å². The van der Waals surface area contributed by atoms with E-state index in [9.17, 15) is 4.79 Å². The molecule has 0 aliphatic heterocycles. The molecule has 6 nitrogen and oxygen atoms in total. The quantitative estimate of drug-likeness (QED) is 0.728. The van der Waals surface area contributed by atoms with Crippen LogP contribution in [0.5, 0.6) is 0 Å². The van der Waals surface area contributed by atoms with E-state index in [0.717, 1.165) is 5.69 Å². The highest BCUT2D eigenvalue weighted by Crippen LogP contribution is 2.14. The highest BCUT2D eigenvalue weighted by atomic mass is 16.5. The summed E-state index contributed by atoms with van der Waals surface area (Å²) in [5.41, 5.74) is 7.82. The highest BCUT2D eigenvalue weighted by Gasteiger charge is 2.12. The van der Waals surface area contributed by atoms with Crippen molar-refractivity contribution in [2.24, 2.45) is 0 Å². The first-order chi connectivity index (χ1) is 7.91. The lowest BCUT2D eigenvalue weighted by Gasteiger charge is -2.07. The largest absolute Gasteiger partial charge is 0.464 e. The average molecular weight is 241 g/mol. The monoisotopic (exact) mass is 241 g/mol. The summed E-state index contributed by atoms with van der Waals surface area (Å²) in [4.78, 5) is 11.5. The number of aromatic nitrogens is 2. The van der Waals surface area contributed by atoms with Crippen LogP contribution in [0.15, 0.2) is 0 Å². The molecule has 1 heterocycles. The first-order valence-electron chi connectivity index (χ1n) is 5.55. The summed E-state index contributed by atoms with van der Waals surface area (Å²) in [5.74, 6) is -0.378. The van der Waals surface area contributed by atoms with Gasteiger partial charge in [-0.1, -0.05) is 0 Å². The predicted molar refractivity (Wildman–Crippen MR) is 63.4 cm³/mol. The third-order valence-electron chi connectivity index (χ3n) is 2.52. The minimum absolute atomic E-state index is 0.0453. The van der Waals surface area contributed by atoms with Crippen molar-refractivity contribution in [3.8, 4) is 0 Å². The number of hydrogen-bond acceptors (Lipinski definition) is 5. The molecule has 1 atom stereocenters. The molecule has 0 fully saturated rings. The second-order valence-corrected chi connectivity index (χ2v) is 4.10. The van der Waals surface area contributed by atoms with Gasteiger partial charge < -0.3 is 15.6 Å². The first kappa shape index (κ1) is 13.5. The molecule has 3 N–H and O–H groups in total. The van der Waals surface area contributed by atoms with Crippen LogP contribution in [-0.2, 0) is 16.1 Å². The van der Waals surface area contributed by atoms with E-state index in [4.69, 9.17) is 15.6 Å². The van der Waals surface area contributed by atoms with Crippen LogP contribution < -0.4 is 5.73 Å². The van der Waals surface area contributed by atoms with E-state index >= 15 is 0 Å². The number of carbonyl (C=O) groups excluding carboxylic acids is 1. The Bertz CT molecular complexity index is 399. The fraction of sp³-hybridized carbons (Fsp3) is 0.636. The normalized spacial score (nSPS) is 12.5. The lowest BCUT2D eigenvalue weighted by molar-refractivity contribution is -0.145. The topological polar surface area (TPSA) is 90.4 Å². The summed E-state index contributed by atoms with van der Waals surface area (Å²) < 4.78 is 6.48. The Hall–Kier alpha value is -1.56. The van der Waals surface area contributed by atoms with E-state index in [2.05, 4.69) is 5.10 Å². The minimum Gasteiger partial charge on any atom is -0.464 e. The van der Waals surface area contributed by atoms with Crippen molar-refractivity contribution < 1.29 is 14.6 Å². The zero-order valence-electron chi connectivity index (χ0n) is 10.4. The number of ether oxygens (including phenoxy) is 1. The summed E-state index contributed by atoms with van der Waals surface area (Å²) in [5, 5.41) is 13.1. The summed E-state index contributed by atoms with van der Waals surface area (Å²) in [6.45, 7) is 5.50. The third-order valence-corrected chi connectivity index (χ3v) is 2.52. The maximum absolute atomic E-state index is 11.5. The number of carbonyl (C=O) groups is 1. The van der Waals surface area contributed by atoms with Gasteiger partial charge in [-0.05, 0) is 20.8 Å². The van der Waals surface area contributed by atoms with Crippen molar-refractivity contribution in [2.75, 3.05) is 12.3 Å². The number of rotatable bonds is 5. The van der Waals surface area contributed by atoms with E-state index in [1.165, 1.54) is 4.68 Å². The smallest absolute Gasteiger partial charge is 0.327 e. The molecule has 17 heavy (non-hydrogen) atoms. The van der Waals surface area contributed by atoms with E-state index in [1.54, 1.807) is 20.8 Å². The minimum atomic E-state index is -0.466. The van der Waals surface area contributed by atoms with Crippen molar-refractivity contribution >= 4 is 11.7 Å². The molecule has 6 heteroatoms. The first-order valence-corrected chi connectivity index (χ1v) is 5.55. The number of nitrogens with zero attached hydrogens (tertiary/aromatic N) is 2. The van der Waals surface area contributed by atoms with Gasteiger partial charge in [-0.25, -0.2) is 0 Å². The SMILES string of the molecule is Cc1nn(CC(=O)OCCC(C)O)c(C)c1N. The van der Waals surface area contributed by atoms with Crippen molar-refractivity contribution in [3.63, 3.8) is 0 Å². The number of nitrogens with two attached hydrogens (primary N) is 1. The Labute approximate surface area is 100 Å². The van der Waals surface area contributed by atoms with Crippen LogP contribution in [0.25, 0.3) is 0 Å². The molecule has 0 spiro atoms. The maximum atomic E-state index is 11.5. The van der Waals surface area contributed by atoms with Crippen LogP contribution in [0.4, 0.5) is 5.69 Å². The number of aliphatic hydroxyl groups excluding tert-OH is 1. The molecule has 0 amide bonds. The van der Waals surface area contributed by atoms with Gasteiger partial charge in [0, 0.05) is 6.42 Å². The number of nitrogen functional groups attached to an aromatic ring is 1. The standard InChI is InChI=1S/C11H19N3O3/c1-7(15)4-5-17-10(16)6-14-9(3)11(12)8(2)13-14/h7,15H,4-6,12H2,1-3H3. The molecule has 1 aromatic heterocycles. The maximum Gasteiger partial charge on any atom is 0.327 e. The summed E-state index contributed by atoms with van der Waals surface area (Å²) in [6.07, 6.45) is -0.0301. The number of aryl methyl sites for hydroxylation is 1. The lowest BCUT2D eigenvalue weighted by Crippen LogP contribution is -2.17. The highest BCUT2D eigenvalue weighted by molar-refractivity contribution is 5.69. The number of esters is 1. The van der Waals surface area contributed by atoms with E-state index < -0.39 is 6.10 Å². The molecule has 96 valence electrons. The van der Waals surface area contributed by atoms with Crippen molar-refractivity contribution in [2.45, 2.75) is 39.8 Å². The predicted octanol–water partition coefficient (Wildman–Crippen LogP) is 0.396. The van der Waals surface area contributed by atoms with Gasteiger partial charge in [0.2, 0.25) is 0 Å². The molecule has 0 saturated carbocycles. The summed E-state index contributed by atoms with van der Waals surface area (Å²) in [6, 6.07) is 0. The third kappa shape index (κ3) is 3.74. The summed E-state index contributed by atoms with van der Waals surface area (Å²) in [7, 11) is 0. The Morgan fingerprint density at radius 3 is 2.71 bits per heavy atom. The van der Waals surface area contributed by atoms with Crippen LogP contribution in [-0.4, -0.2) is 33.6 Å². The molecule has 0 aliphatic carbocycles. The van der Waals surface area contributed by atoms with Gasteiger partial charge >= 0.3 is 5.97 Å². The van der Waals surface area contributed by atoms with Gasteiger partial charge in [0.15, 0.2) is 0 Å². The Kier molecular flexibility index (Phi) is 4.51. The van der Waals surface area contributed by atoms with Crippen LogP contribution >= 0.6 is 0 Å². The fourth-order valence-corrected chi connectivity index (χ4v) is 1.38. The molecule has 0 radical (unpaired) electrons. The Balaban J connectivity index is 2.48. The molecule has 0 saturated heterocycles. The molecular formula is C11H19N3O3. The Morgan fingerprint density at radius 1 is 1.59 bits per heavy atom. The van der Waals surface area contributed by atoms with Crippen molar-refractivity contribution in [1.82, 2.24) is 9.78 Å². The van der Waals surface area contributed by atoms with Crippen LogP contribution in [0.1, 0.15) is 24.7 Å². The Morgan fingerprint density at radius 2 is 2.24 bits per heavy atom. The lowest BCUT2D eigenvalue weighted by atomic mass is 10.3. The molecule has 0 aromatic carbocycles. The van der Waals surface area contributed by atoms with Crippen molar-refractivity contribution in [1.29, 1.82) is 0 Å². The van der Waals surface area contributed by atoms with E-state index in [0.29, 0.717) is 17.8 Å². The molecule has 0 bridgehead atoms. The molecule has 1 unspecified atom stereocenters. The van der Waals surface area contributed by atoms with Crippen LogP contribution in [0, 0.1) is 13.8 Å². The molecule has 1 aromatic rings. The van der Waals surface area contributed by atoms with Crippen LogP contribution in [0.2, 0.25) is 0 Å². The van der Waals surface area contributed by atoms with Gasteiger partial charge in [-0.15, -0.1) is 0 Å². The van der Waals surface area contributed by atoms with Gasteiger partial charge in [0.1, 0.15) is 6.54 Å². The zero-order valence-corrected chi connectivity index (χ0v) is 10.4. The molecule has 0 aliphatic rings. The fourth-order valence-electron chi connectivity index (χ4n) is 1.38. The van der Waals surface area contributed by atoms with Crippen molar-refractivity contribution in [3.05, 3.63) is 11.4 Å². The van der Waals surface area contributed by atoms with Gasteiger partial charge in [0.25, 0.3) is 0 Å². The summed E-state index contributed by atoms with van der Waals surface area (Å²) >= 11 is 0. The van der Waals surface area contributed by atoms with Gasteiger partial charge in [-0.3, -0.25) is 9.48 Å². The zero-order chi connectivity index (χ0) is 13.0. The average Bonchev–Trinajstić information content (AvgIpc) is 2.46. The second kappa shape index (κ2) is 5.67. The van der Waals surface area contributed by atoms with Gasteiger partial charge in [0.05, 0.1) is 29.8 Å². The second-order valence-electron chi connectivity index (χ2n) is 4.10. The number of hydrogen-bond donors (Lipinski definition) is 2. The van der Waals surface area contributed by atoms with E-state index in [-0.39, 0.29) is 19.1 Å². The van der Waals surface area contributed by atoms with Gasteiger partial charge in [-0.2, -0.15) is 5.10 Å². The molecular weight excluding hydrogens is 222 g/mol. The molecule has 1 rings (SSSR count). The number of aliphatic hydroxyl groups is 1.